The van der Waals surface area contributed by atoms with Gasteiger partial charge in [-0.1, -0.05) is 0 Å². The van der Waals surface area contributed by atoms with Crippen LogP contribution in [0.1, 0.15) is 12.0 Å². The van der Waals surface area contributed by atoms with Gasteiger partial charge >= 0.3 is 0 Å². The molecule has 7 nitrogen and oxygen atoms in total. The van der Waals surface area contributed by atoms with Crippen molar-refractivity contribution in [2.45, 2.75) is 12.8 Å². The fourth-order valence-corrected chi connectivity index (χ4v) is 1.90. The number of carbonyl (C=O) groups excluding carboxylic acids is 1. The maximum absolute atomic E-state index is 11.2. The molecule has 96 valence electrons. The average molecular weight is 251 g/mol. The van der Waals surface area contributed by atoms with E-state index in [1.54, 1.807) is 6.07 Å². The molecular formula is C11H13N3O4. The van der Waals surface area contributed by atoms with E-state index in [0.717, 1.165) is 5.56 Å². The summed E-state index contributed by atoms with van der Waals surface area (Å²) in [6.45, 7) is 0.136. The van der Waals surface area contributed by atoms with E-state index >= 15 is 0 Å². The largest absolute Gasteiger partial charge is 0.395 e. The minimum absolute atomic E-state index is 0.106. The number of nitrogens with zero attached hydrogens (tertiary/aromatic N) is 1. The van der Waals surface area contributed by atoms with Crippen molar-refractivity contribution in [3.8, 4) is 0 Å². The van der Waals surface area contributed by atoms with Gasteiger partial charge in [-0.3, -0.25) is 14.9 Å². The average Bonchev–Trinajstić information content (AvgIpc) is 2.35. The topological polar surface area (TPSA) is 104 Å². The van der Waals surface area contributed by atoms with Crippen molar-refractivity contribution in [2.24, 2.45) is 0 Å². The van der Waals surface area contributed by atoms with Crippen LogP contribution in [0.25, 0.3) is 0 Å². The number of anilines is 2. The summed E-state index contributed by atoms with van der Waals surface area (Å²) in [6.07, 6.45) is 0.942. The number of nitro groups is 1. The maximum atomic E-state index is 11.2. The Morgan fingerprint density at radius 2 is 2.22 bits per heavy atom. The molecule has 0 unspecified atom stereocenters. The van der Waals surface area contributed by atoms with Gasteiger partial charge in [0.15, 0.2) is 0 Å². The number of aliphatic hydroxyl groups excluding tert-OH is 1. The lowest BCUT2D eigenvalue weighted by Crippen LogP contribution is -2.19. The van der Waals surface area contributed by atoms with E-state index in [1.165, 1.54) is 6.07 Å². The van der Waals surface area contributed by atoms with E-state index in [0.29, 0.717) is 24.2 Å². The number of fused-ring (bicyclic) bond motifs is 1. The molecule has 0 aliphatic carbocycles. The highest BCUT2D eigenvalue weighted by Gasteiger charge is 2.22. The highest BCUT2D eigenvalue weighted by molar-refractivity contribution is 5.95. The predicted octanol–water partition coefficient (Wildman–Crippen LogP) is 0.884. The molecule has 0 saturated heterocycles. The Balaban J connectivity index is 2.40. The van der Waals surface area contributed by atoms with Crippen LogP contribution in [0.3, 0.4) is 0 Å². The zero-order valence-corrected chi connectivity index (χ0v) is 9.60. The van der Waals surface area contributed by atoms with Crippen molar-refractivity contribution in [1.82, 2.24) is 0 Å². The van der Waals surface area contributed by atoms with E-state index < -0.39 is 4.92 Å². The van der Waals surface area contributed by atoms with Gasteiger partial charge in [0.05, 0.1) is 17.2 Å². The van der Waals surface area contributed by atoms with Crippen LogP contribution in [0, 0.1) is 10.1 Å². The van der Waals surface area contributed by atoms with Gasteiger partial charge < -0.3 is 15.7 Å². The van der Waals surface area contributed by atoms with Crippen molar-refractivity contribution in [3.63, 3.8) is 0 Å². The zero-order valence-electron chi connectivity index (χ0n) is 9.60. The number of hydrogen-bond acceptors (Lipinski definition) is 5. The van der Waals surface area contributed by atoms with Crippen LogP contribution < -0.4 is 10.6 Å². The summed E-state index contributed by atoms with van der Waals surface area (Å²) in [5, 5.41) is 25.1. The van der Waals surface area contributed by atoms with E-state index in [9.17, 15) is 14.9 Å². The number of amides is 1. The van der Waals surface area contributed by atoms with Crippen LogP contribution in [0.4, 0.5) is 17.1 Å². The molecule has 0 radical (unpaired) electrons. The van der Waals surface area contributed by atoms with Gasteiger partial charge in [0, 0.05) is 19.0 Å². The Morgan fingerprint density at radius 1 is 1.44 bits per heavy atom. The lowest BCUT2D eigenvalue weighted by molar-refractivity contribution is -0.383. The normalized spacial score (nSPS) is 13.7. The van der Waals surface area contributed by atoms with E-state index in [2.05, 4.69) is 10.6 Å². The molecule has 7 heteroatoms. The van der Waals surface area contributed by atoms with Crippen LogP contribution in [0.5, 0.6) is 0 Å². The zero-order chi connectivity index (χ0) is 13.1. The molecule has 1 aromatic rings. The number of nitro benzene ring substituents is 1. The second-order valence-electron chi connectivity index (χ2n) is 3.98. The van der Waals surface area contributed by atoms with Crippen molar-refractivity contribution in [1.29, 1.82) is 0 Å². The molecule has 0 spiro atoms. The predicted molar refractivity (Wildman–Crippen MR) is 65.6 cm³/mol. The Labute approximate surface area is 103 Å². The van der Waals surface area contributed by atoms with Crippen LogP contribution in [0.15, 0.2) is 12.1 Å². The summed E-state index contributed by atoms with van der Waals surface area (Å²) < 4.78 is 0. The van der Waals surface area contributed by atoms with Crippen molar-refractivity contribution in [2.75, 3.05) is 23.8 Å². The molecule has 2 rings (SSSR count). The first-order valence-electron chi connectivity index (χ1n) is 5.57. The first-order valence-corrected chi connectivity index (χ1v) is 5.57. The molecular weight excluding hydrogens is 238 g/mol. The van der Waals surface area contributed by atoms with Gasteiger partial charge in [-0.05, 0) is 18.1 Å². The minimum atomic E-state index is -0.513. The highest BCUT2D eigenvalue weighted by atomic mass is 16.6. The molecule has 1 heterocycles. The third-order valence-electron chi connectivity index (χ3n) is 2.74. The maximum Gasteiger partial charge on any atom is 0.294 e. The second kappa shape index (κ2) is 5.01. The highest BCUT2D eigenvalue weighted by Crippen LogP contribution is 2.33. The molecule has 18 heavy (non-hydrogen) atoms. The number of aryl methyl sites for hydroxylation is 1. The number of benzene rings is 1. The molecule has 1 amide bonds. The molecule has 1 aliphatic heterocycles. The molecule has 0 atom stereocenters. The van der Waals surface area contributed by atoms with E-state index in [4.69, 9.17) is 5.11 Å². The fraction of sp³-hybridized carbons (Fsp3) is 0.364. The van der Waals surface area contributed by atoms with Crippen molar-refractivity contribution >= 4 is 23.0 Å². The molecule has 1 aromatic carbocycles. The summed E-state index contributed by atoms with van der Waals surface area (Å²) in [7, 11) is 0. The first kappa shape index (κ1) is 12.3. The number of rotatable bonds is 4. The van der Waals surface area contributed by atoms with Gasteiger partial charge in [0.25, 0.3) is 5.69 Å². The Morgan fingerprint density at radius 3 is 2.89 bits per heavy atom. The van der Waals surface area contributed by atoms with Gasteiger partial charge in [0.2, 0.25) is 5.91 Å². The Bertz CT molecular complexity index is 501. The second-order valence-corrected chi connectivity index (χ2v) is 3.98. The molecule has 0 bridgehead atoms. The molecule has 0 saturated carbocycles. The third-order valence-corrected chi connectivity index (χ3v) is 2.74. The van der Waals surface area contributed by atoms with E-state index in [-0.39, 0.29) is 24.7 Å². The number of aliphatic hydroxyl groups is 1. The molecule has 0 fully saturated rings. The summed E-state index contributed by atoms with van der Waals surface area (Å²) in [4.78, 5) is 21.7. The molecule has 0 aromatic heterocycles. The third kappa shape index (κ3) is 2.40. The first-order chi connectivity index (χ1) is 8.61. The van der Waals surface area contributed by atoms with Crippen LogP contribution in [0.2, 0.25) is 0 Å². The summed E-state index contributed by atoms with van der Waals surface area (Å²) in [5.41, 5.74) is 1.61. The van der Waals surface area contributed by atoms with Crippen molar-refractivity contribution in [3.05, 3.63) is 27.8 Å². The standard InChI is InChI=1S/C11H13N3O4/c15-4-3-12-9-5-7-1-2-11(16)13-8(7)6-10(9)14(17)18/h5-6,12,15H,1-4H2,(H,13,16). The van der Waals surface area contributed by atoms with Crippen LogP contribution >= 0.6 is 0 Å². The van der Waals surface area contributed by atoms with Gasteiger partial charge in [-0.25, -0.2) is 0 Å². The quantitative estimate of drug-likeness (QED) is 0.544. The molecule has 1 aliphatic rings. The van der Waals surface area contributed by atoms with Crippen molar-refractivity contribution < 1.29 is 14.8 Å². The fourth-order valence-electron chi connectivity index (χ4n) is 1.90. The minimum Gasteiger partial charge on any atom is -0.395 e. The lowest BCUT2D eigenvalue weighted by atomic mass is 10.0. The van der Waals surface area contributed by atoms with Crippen LogP contribution in [-0.4, -0.2) is 29.1 Å². The Hall–Kier alpha value is -2.15. The monoisotopic (exact) mass is 251 g/mol. The van der Waals surface area contributed by atoms with E-state index in [1.807, 2.05) is 0 Å². The number of hydrogen-bond donors (Lipinski definition) is 3. The Kier molecular flexibility index (Phi) is 3.42. The van der Waals surface area contributed by atoms with Gasteiger partial charge in [-0.2, -0.15) is 0 Å². The summed E-state index contributed by atoms with van der Waals surface area (Å²) >= 11 is 0. The lowest BCUT2D eigenvalue weighted by Gasteiger charge is -2.18. The number of nitrogens with one attached hydrogen (secondary N) is 2. The summed E-state index contributed by atoms with van der Waals surface area (Å²) in [6, 6.07) is 3.01. The summed E-state index contributed by atoms with van der Waals surface area (Å²) in [5.74, 6) is -0.132. The van der Waals surface area contributed by atoms with Gasteiger partial charge in [-0.15, -0.1) is 0 Å². The number of carbonyl (C=O) groups is 1. The van der Waals surface area contributed by atoms with Gasteiger partial charge in [0.1, 0.15) is 5.69 Å². The van der Waals surface area contributed by atoms with Crippen LogP contribution in [-0.2, 0) is 11.2 Å². The SMILES string of the molecule is O=C1CCc2cc(NCCO)c([N+](=O)[O-])cc2N1. The smallest absolute Gasteiger partial charge is 0.294 e. The molecule has 3 N–H and O–H groups in total.